The van der Waals surface area contributed by atoms with Gasteiger partial charge < -0.3 is 24.8 Å². The Labute approximate surface area is 185 Å². The van der Waals surface area contributed by atoms with Gasteiger partial charge in [0, 0.05) is 31.9 Å². The highest BCUT2D eigenvalue weighted by molar-refractivity contribution is 5.96. The first-order valence-electron chi connectivity index (χ1n) is 10.3. The SMILES string of the molecule is COC(=O)CC1C(=O)N(C)Cc2cc(C(=O)NCc3nc4ccccc4[nH]3)ccc2N1C. The van der Waals surface area contributed by atoms with Crippen LogP contribution in [0.4, 0.5) is 5.69 Å². The Morgan fingerprint density at radius 3 is 2.75 bits per heavy atom. The van der Waals surface area contributed by atoms with Crippen molar-refractivity contribution >= 4 is 34.5 Å². The second kappa shape index (κ2) is 8.70. The van der Waals surface area contributed by atoms with E-state index in [9.17, 15) is 14.4 Å². The van der Waals surface area contributed by atoms with E-state index in [2.05, 4.69) is 15.3 Å². The molecular formula is C23H25N5O4. The molecule has 2 amide bonds. The number of ether oxygens (including phenoxy) is 1. The number of benzene rings is 2. The van der Waals surface area contributed by atoms with Gasteiger partial charge in [-0.05, 0) is 35.9 Å². The van der Waals surface area contributed by atoms with Gasteiger partial charge in [0.2, 0.25) is 5.91 Å². The van der Waals surface area contributed by atoms with Crippen LogP contribution < -0.4 is 10.2 Å². The van der Waals surface area contributed by atoms with Crippen LogP contribution in [0.15, 0.2) is 42.5 Å². The molecule has 2 heterocycles. The Balaban J connectivity index is 1.52. The zero-order valence-corrected chi connectivity index (χ0v) is 18.2. The minimum Gasteiger partial charge on any atom is -0.469 e. The highest BCUT2D eigenvalue weighted by Crippen LogP contribution is 2.29. The lowest BCUT2D eigenvalue weighted by molar-refractivity contribution is -0.144. The highest BCUT2D eigenvalue weighted by atomic mass is 16.5. The van der Waals surface area contributed by atoms with Crippen LogP contribution in [0.25, 0.3) is 11.0 Å². The van der Waals surface area contributed by atoms with Gasteiger partial charge in [-0.1, -0.05) is 12.1 Å². The normalized spacial score (nSPS) is 16.0. The molecular weight excluding hydrogens is 410 g/mol. The van der Waals surface area contributed by atoms with Gasteiger partial charge in [-0.2, -0.15) is 0 Å². The fraction of sp³-hybridized carbons (Fsp3) is 0.304. The molecule has 4 rings (SSSR count). The van der Waals surface area contributed by atoms with Crippen LogP contribution in [0.2, 0.25) is 0 Å². The number of esters is 1. The fourth-order valence-electron chi connectivity index (χ4n) is 3.94. The summed E-state index contributed by atoms with van der Waals surface area (Å²) in [7, 11) is 4.76. The largest absolute Gasteiger partial charge is 0.469 e. The molecule has 1 atom stereocenters. The van der Waals surface area contributed by atoms with E-state index in [-0.39, 0.29) is 24.8 Å². The number of fused-ring (bicyclic) bond motifs is 2. The summed E-state index contributed by atoms with van der Waals surface area (Å²) in [5.74, 6) is -0.191. The van der Waals surface area contributed by atoms with Crippen molar-refractivity contribution < 1.29 is 19.1 Å². The van der Waals surface area contributed by atoms with Crippen molar-refractivity contribution in [3.8, 4) is 0 Å². The number of methoxy groups -OCH3 is 1. The number of para-hydroxylation sites is 2. The summed E-state index contributed by atoms with van der Waals surface area (Å²) in [6, 6.07) is 12.3. The maximum Gasteiger partial charge on any atom is 0.308 e. The Morgan fingerprint density at radius 2 is 2.00 bits per heavy atom. The van der Waals surface area contributed by atoms with Crippen LogP contribution >= 0.6 is 0 Å². The lowest BCUT2D eigenvalue weighted by Crippen LogP contribution is -2.45. The van der Waals surface area contributed by atoms with Crippen LogP contribution in [-0.2, 0) is 27.4 Å². The van der Waals surface area contributed by atoms with E-state index in [0.29, 0.717) is 17.9 Å². The predicted octanol–water partition coefficient (Wildman–Crippen LogP) is 1.83. The van der Waals surface area contributed by atoms with Gasteiger partial charge in [0.15, 0.2) is 0 Å². The number of hydrogen-bond acceptors (Lipinski definition) is 6. The van der Waals surface area contributed by atoms with E-state index in [1.165, 1.54) is 7.11 Å². The molecule has 1 unspecified atom stereocenters. The molecule has 3 aromatic rings. The second-order valence-electron chi connectivity index (χ2n) is 7.83. The molecule has 0 saturated heterocycles. The average Bonchev–Trinajstić information content (AvgIpc) is 3.19. The summed E-state index contributed by atoms with van der Waals surface area (Å²) in [5, 5.41) is 2.88. The molecule has 0 fully saturated rings. The minimum atomic E-state index is -0.665. The van der Waals surface area contributed by atoms with E-state index in [1.807, 2.05) is 30.3 Å². The molecule has 0 bridgehead atoms. The average molecular weight is 435 g/mol. The van der Waals surface area contributed by atoms with Crippen LogP contribution in [-0.4, -0.2) is 59.9 Å². The van der Waals surface area contributed by atoms with Crippen molar-refractivity contribution in [3.63, 3.8) is 0 Å². The Hall–Kier alpha value is -3.88. The van der Waals surface area contributed by atoms with Gasteiger partial charge in [-0.3, -0.25) is 14.4 Å². The molecule has 166 valence electrons. The Kier molecular flexibility index (Phi) is 5.81. The number of aromatic nitrogens is 2. The topological polar surface area (TPSA) is 108 Å². The number of carbonyl (C=O) groups is 3. The first-order valence-corrected chi connectivity index (χ1v) is 10.3. The van der Waals surface area contributed by atoms with Crippen LogP contribution in [0.1, 0.15) is 28.2 Å². The predicted molar refractivity (Wildman–Crippen MR) is 119 cm³/mol. The first-order chi connectivity index (χ1) is 15.4. The Morgan fingerprint density at radius 1 is 1.22 bits per heavy atom. The van der Waals surface area contributed by atoms with Crippen molar-refractivity contribution in [2.45, 2.75) is 25.6 Å². The summed E-state index contributed by atoms with van der Waals surface area (Å²) in [6.07, 6.45) is -0.0463. The van der Waals surface area contributed by atoms with E-state index in [0.717, 1.165) is 22.3 Å². The molecule has 0 saturated carbocycles. The number of carbonyl (C=O) groups excluding carboxylic acids is 3. The molecule has 9 heteroatoms. The number of aromatic amines is 1. The number of hydrogen-bond donors (Lipinski definition) is 2. The second-order valence-corrected chi connectivity index (χ2v) is 7.83. The maximum atomic E-state index is 12.8. The lowest BCUT2D eigenvalue weighted by Gasteiger charge is -2.28. The van der Waals surface area contributed by atoms with Gasteiger partial charge in [0.1, 0.15) is 11.9 Å². The zero-order valence-electron chi connectivity index (χ0n) is 18.2. The number of nitrogens with one attached hydrogen (secondary N) is 2. The van der Waals surface area contributed by atoms with Crippen molar-refractivity contribution in [1.29, 1.82) is 0 Å². The van der Waals surface area contributed by atoms with E-state index < -0.39 is 12.0 Å². The van der Waals surface area contributed by atoms with E-state index in [1.54, 1.807) is 36.0 Å². The molecule has 32 heavy (non-hydrogen) atoms. The number of nitrogens with zero attached hydrogens (tertiary/aromatic N) is 3. The number of likely N-dealkylation sites (N-methyl/N-ethyl adjacent to an activating group) is 2. The summed E-state index contributed by atoms with van der Waals surface area (Å²) in [5.41, 5.74) is 3.87. The van der Waals surface area contributed by atoms with Crippen LogP contribution in [0, 0.1) is 0 Å². The summed E-state index contributed by atoms with van der Waals surface area (Å²) >= 11 is 0. The minimum absolute atomic E-state index is 0.0463. The molecule has 9 nitrogen and oxygen atoms in total. The van der Waals surface area contributed by atoms with Crippen molar-refractivity contribution in [2.24, 2.45) is 0 Å². The summed E-state index contributed by atoms with van der Waals surface area (Å²) < 4.78 is 4.75. The molecule has 1 aliphatic rings. The molecule has 0 aliphatic carbocycles. The van der Waals surface area contributed by atoms with Gasteiger partial charge >= 0.3 is 5.97 Å². The number of anilines is 1. The van der Waals surface area contributed by atoms with Gasteiger partial charge in [0.25, 0.3) is 5.91 Å². The summed E-state index contributed by atoms with van der Waals surface area (Å²) in [4.78, 5) is 48.4. The summed E-state index contributed by atoms with van der Waals surface area (Å²) in [6.45, 7) is 0.602. The third-order valence-corrected chi connectivity index (χ3v) is 5.70. The van der Waals surface area contributed by atoms with Crippen LogP contribution in [0.5, 0.6) is 0 Å². The third kappa shape index (κ3) is 4.14. The molecule has 0 radical (unpaired) electrons. The van der Waals surface area contributed by atoms with Crippen molar-refractivity contribution in [2.75, 3.05) is 26.1 Å². The standard InChI is InChI=1S/C23H25N5O4/c1-27-13-15-10-14(8-9-18(15)28(2)19(23(27)31)11-21(29)32-3)22(30)24-12-20-25-16-6-4-5-7-17(16)26-20/h4-10,19H,11-13H2,1-3H3,(H,24,30)(H,25,26). The molecule has 0 spiro atoms. The molecule has 1 aromatic heterocycles. The van der Waals surface area contributed by atoms with Crippen molar-refractivity contribution in [3.05, 3.63) is 59.4 Å². The fourth-order valence-corrected chi connectivity index (χ4v) is 3.94. The third-order valence-electron chi connectivity index (χ3n) is 5.70. The number of H-pyrrole nitrogens is 1. The van der Waals surface area contributed by atoms with Gasteiger partial charge in [-0.25, -0.2) is 4.98 Å². The van der Waals surface area contributed by atoms with E-state index in [4.69, 9.17) is 4.74 Å². The number of imidazole rings is 1. The quantitative estimate of drug-likeness (QED) is 0.592. The van der Waals surface area contributed by atoms with Gasteiger partial charge in [-0.15, -0.1) is 0 Å². The zero-order chi connectivity index (χ0) is 22.8. The van der Waals surface area contributed by atoms with Gasteiger partial charge in [0.05, 0.1) is 31.1 Å². The Bertz CT molecular complexity index is 1160. The van der Waals surface area contributed by atoms with Crippen LogP contribution in [0.3, 0.4) is 0 Å². The smallest absolute Gasteiger partial charge is 0.308 e. The highest BCUT2D eigenvalue weighted by Gasteiger charge is 2.33. The number of rotatable bonds is 5. The van der Waals surface area contributed by atoms with E-state index >= 15 is 0 Å². The maximum absolute atomic E-state index is 12.8. The number of amides is 2. The molecule has 1 aliphatic heterocycles. The first kappa shape index (κ1) is 21.4. The monoisotopic (exact) mass is 435 g/mol. The molecule has 2 aromatic carbocycles. The van der Waals surface area contributed by atoms with Crippen molar-refractivity contribution in [1.82, 2.24) is 20.2 Å². The molecule has 2 N–H and O–H groups in total. The lowest BCUT2D eigenvalue weighted by atomic mass is 10.1.